The van der Waals surface area contributed by atoms with Crippen LogP contribution in [0.15, 0.2) is 0 Å². The summed E-state index contributed by atoms with van der Waals surface area (Å²) in [5.41, 5.74) is 0. The predicted octanol–water partition coefficient (Wildman–Crippen LogP) is 0.210. The zero-order valence-electron chi connectivity index (χ0n) is 10.2. The minimum absolute atomic E-state index is 0.0943. The lowest BCUT2D eigenvalue weighted by Crippen LogP contribution is -2.50. The van der Waals surface area contributed by atoms with Gasteiger partial charge in [0, 0.05) is 25.7 Å². The summed E-state index contributed by atoms with van der Waals surface area (Å²) in [5, 5.41) is 12.8. The van der Waals surface area contributed by atoms with Crippen molar-refractivity contribution in [1.82, 2.24) is 10.2 Å². The smallest absolute Gasteiger partial charge is 0.0638 e. The average Bonchev–Trinajstić information content (AvgIpc) is 2.72. The minimum Gasteiger partial charge on any atom is -0.395 e. The lowest BCUT2D eigenvalue weighted by Gasteiger charge is -2.34. The van der Waals surface area contributed by atoms with Gasteiger partial charge in [0.05, 0.1) is 19.3 Å². The molecular formula is C12H24N2O2. The van der Waals surface area contributed by atoms with E-state index in [1.54, 1.807) is 7.11 Å². The lowest BCUT2D eigenvalue weighted by atomic mass is 9.98. The first-order valence-corrected chi connectivity index (χ1v) is 6.45. The van der Waals surface area contributed by atoms with E-state index in [1.807, 2.05) is 0 Å². The Morgan fingerprint density at radius 1 is 1.38 bits per heavy atom. The Bertz CT molecular complexity index is 213. The van der Waals surface area contributed by atoms with E-state index in [0.29, 0.717) is 18.7 Å². The van der Waals surface area contributed by atoms with Crippen LogP contribution in [0.5, 0.6) is 0 Å². The normalized spacial score (nSPS) is 32.6. The molecule has 2 fully saturated rings. The molecule has 0 saturated carbocycles. The van der Waals surface area contributed by atoms with Crippen LogP contribution >= 0.6 is 0 Å². The van der Waals surface area contributed by atoms with Gasteiger partial charge < -0.3 is 15.2 Å². The number of aliphatic hydroxyl groups excluding tert-OH is 1. The lowest BCUT2D eigenvalue weighted by molar-refractivity contribution is 0.111. The van der Waals surface area contributed by atoms with Crippen molar-refractivity contribution >= 4 is 0 Å². The molecule has 2 heterocycles. The number of hydrogen-bond acceptors (Lipinski definition) is 4. The first kappa shape index (κ1) is 12.3. The SMILES string of the molecule is COCC(CO)NC1CCN2CCCCC12. The van der Waals surface area contributed by atoms with Crippen LogP contribution in [-0.2, 0) is 4.74 Å². The fraction of sp³-hybridized carbons (Fsp3) is 1.00. The van der Waals surface area contributed by atoms with Crippen molar-refractivity contribution in [2.24, 2.45) is 0 Å². The Morgan fingerprint density at radius 3 is 3.00 bits per heavy atom. The van der Waals surface area contributed by atoms with Crippen molar-refractivity contribution in [3.05, 3.63) is 0 Å². The molecule has 0 amide bonds. The van der Waals surface area contributed by atoms with Gasteiger partial charge in [-0.3, -0.25) is 4.90 Å². The quantitative estimate of drug-likeness (QED) is 0.706. The maximum absolute atomic E-state index is 9.26. The number of methoxy groups -OCH3 is 1. The number of fused-ring (bicyclic) bond motifs is 1. The molecule has 2 saturated heterocycles. The molecule has 2 aliphatic rings. The summed E-state index contributed by atoms with van der Waals surface area (Å²) in [4.78, 5) is 2.60. The molecule has 94 valence electrons. The first-order chi connectivity index (χ1) is 7.85. The van der Waals surface area contributed by atoms with Crippen molar-refractivity contribution < 1.29 is 9.84 Å². The topological polar surface area (TPSA) is 44.7 Å². The number of aliphatic hydroxyl groups is 1. The van der Waals surface area contributed by atoms with Gasteiger partial charge in [-0.1, -0.05) is 6.42 Å². The Kier molecular flexibility index (Phi) is 4.58. The first-order valence-electron chi connectivity index (χ1n) is 6.45. The molecule has 16 heavy (non-hydrogen) atoms. The summed E-state index contributed by atoms with van der Waals surface area (Å²) in [5.74, 6) is 0. The van der Waals surface area contributed by atoms with Crippen LogP contribution < -0.4 is 5.32 Å². The Hall–Kier alpha value is -0.160. The second kappa shape index (κ2) is 5.96. The molecule has 3 unspecified atom stereocenters. The van der Waals surface area contributed by atoms with Gasteiger partial charge in [-0.25, -0.2) is 0 Å². The maximum Gasteiger partial charge on any atom is 0.0638 e. The van der Waals surface area contributed by atoms with Gasteiger partial charge in [0.1, 0.15) is 0 Å². The third kappa shape index (κ3) is 2.74. The van der Waals surface area contributed by atoms with Crippen LogP contribution in [0.3, 0.4) is 0 Å². The summed E-state index contributed by atoms with van der Waals surface area (Å²) in [6, 6.07) is 1.34. The van der Waals surface area contributed by atoms with E-state index in [9.17, 15) is 5.11 Å². The van der Waals surface area contributed by atoms with E-state index in [0.717, 1.165) is 0 Å². The summed E-state index contributed by atoms with van der Waals surface area (Å²) >= 11 is 0. The van der Waals surface area contributed by atoms with Crippen LogP contribution in [0.2, 0.25) is 0 Å². The molecule has 0 aliphatic carbocycles. The van der Waals surface area contributed by atoms with E-state index in [2.05, 4.69) is 10.2 Å². The zero-order valence-corrected chi connectivity index (χ0v) is 10.2. The second-order valence-electron chi connectivity index (χ2n) is 5.00. The van der Waals surface area contributed by atoms with Gasteiger partial charge >= 0.3 is 0 Å². The molecular weight excluding hydrogens is 204 g/mol. The van der Waals surface area contributed by atoms with Crippen LogP contribution in [-0.4, -0.2) is 61.5 Å². The van der Waals surface area contributed by atoms with Crippen LogP contribution in [0.4, 0.5) is 0 Å². The van der Waals surface area contributed by atoms with Crippen molar-refractivity contribution in [3.8, 4) is 0 Å². The Labute approximate surface area is 98.0 Å². The van der Waals surface area contributed by atoms with Crippen LogP contribution in [0.25, 0.3) is 0 Å². The van der Waals surface area contributed by atoms with E-state index in [4.69, 9.17) is 4.74 Å². The zero-order chi connectivity index (χ0) is 11.4. The third-order valence-electron chi connectivity index (χ3n) is 3.89. The largest absolute Gasteiger partial charge is 0.395 e. The molecule has 0 bridgehead atoms. The van der Waals surface area contributed by atoms with E-state index in [1.165, 1.54) is 38.8 Å². The van der Waals surface area contributed by atoms with Crippen LogP contribution in [0.1, 0.15) is 25.7 Å². The Morgan fingerprint density at radius 2 is 2.25 bits per heavy atom. The fourth-order valence-corrected chi connectivity index (χ4v) is 3.10. The molecule has 2 N–H and O–H groups in total. The summed E-state index contributed by atoms with van der Waals surface area (Å²) in [7, 11) is 1.69. The van der Waals surface area contributed by atoms with Crippen molar-refractivity contribution in [1.29, 1.82) is 0 Å². The van der Waals surface area contributed by atoms with Gasteiger partial charge in [-0.05, 0) is 25.8 Å². The van der Waals surface area contributed by atoms with E-state index >= 15 is 0 Å². The number of rotatable bonds is 5. The number of nitrogens with one attached hydrogen (secondary N) is 1. The number of hydrogen-bond donors (Lipinski definition) is 2. The second-order valence-corrected chi connectivity index (χ2v) is 5.00. The number of nitrogens with zero attached hydrogens (tertiary/aromatic N) is 1. The van der Waals surface area contributed by atoms with Crippen molar-refractivity contribution in [2.45, 2.75) is 43.8 Å². The van der Waals surface area contributed by atoms with Crippen molar-refractivity contribution in [3.63, 3.8) is 0 Å². The van der Waals surface area contributed by atoms with Gasteiger partial charge in [0.25, 0.3) is 0 Å². The summed E-state index contributed by atoms with van der Waals surface area (Å²) in [6.07, 6.45) is 5.23. The minimum atomic E-state index is 0.0943. The highest BCUT2D eigenvalue weighted by atomic mass is 16.5. The standard InChI is InChI=1S/C12H24N2O2/c1-16-9-10(8-15)13-11-5-7-14-6-3-2-4-12(11)14/h10-13,15H,2-9H2,1H3. The van der Waals surface area contributed by atoms with E-state index in [-0.39, 0.29) is 12.6 Å². The molecule has 4 nitrogen and oxygen atoms in total. The summed E-state index contributed by atoms with van der Waals surface area (Å²) in [6.45, 7) is 3.24. The molecule has 0 aromatic heterocycles. The molecule has 2 rings (SSSR count). The van der Waals surface area contributed by atoms with Crippen LogP contribution in [0, 0.1) is 0 Å². The molecule has 3 atom stereocenters. The molecule has 4 heteroatoms. The highest BCUT2D eigenvalue weighted by molar-refractivity contribution is 4.95. The Balaban J connectivity index is 1.84. The van der Waals surface area contributed by atoms with Gasteiger partial charge in [0.15, 0.2) is 0 Å². The molecule has 0 aromatic rings. The van der Waals surface area contributed by atoms with Gasteiger partial charge in [-0.2, -0.15) is 0 Å². The predicted molar refractivity (Wildman–Crippen MR) is 63.5 cm³/mol. The monoisotopic (exact) mass is 228 g/mol. The fourth-order valence-electron chi connectivity index (χ4n) is 3.10. The average molecular weight is 228 g/mol. The molecule has 0 spiro atoms. The molecule has 0 aromatic carbocycles. The maximum atomic E-state index is 9.26. The number of ether oxygens (including phenoxy) is 1. The third-order valence-corrected chi connectivity index (χ3v) is 3.89. The highest BCUT2D eigenvalue weighted by Gasteiger charge is 2.36. The molecule has 0 radical (unpaired) electrons. The van der Waals surface area contributed by atoms with E-state index < -0.39 is 0 Å². The van der Waals surface area contributed by atoms with Gasteiger partial charge in [-0.15, -0.1) is 0 Å². The van der Waals surface area contributed by atoms with Crippen molar-refractivity contribution in [2.75, 3.05) is 33.4 Å². The summed E-state index contributed by atoms with van der Waals surface area (Å²) < 4.78 is 5.11. The van der Waals surface area contributed by atoms with Gasteiger partial charge in [0.2, 0.25) is 0 Å². The number of piperidine rings is 1. The molecule has 2 aliphatic heterocycles. The highest BCUT2D eigenvalue weighted by Crippen LogP contribution is 2.27.